The minimum atomic E-state index is -3.48. The highest BCUT2D eigenvalue weighted by atomic mass is 32.2. The van der Waals surface area contributed by atoms with Crippen LogP contribution in [-0.4, -0.2) is 69.1 Å². The van der Waals surface area contributed by atoms with E-state index in [9.17, 15) is 13.2 Å². The van der Waals surface area contributed by atoms with Gasteiger partial charge in [-0.05, 0) is 18.2 Å². The number of carbonyl (C=O) groups is 1. The zero-order valence-corrected chi connectivity index (χ0v) is 22.8. The van der Waals surface area contributed by atoms with E-state index in [4.69, 9.17) is 4.74 Å². The Bertz CT molecular complexity index is 1300. The molecule has 0 aromatic carbocycles. The van der Waals surface area contributed by atoms with Crippen molar-refractivity contribution in [1.82, 2.24) is 25.1 Å². The van der Waals surface area contributed by atoms with Gasteiger partial charge in [0.2, 0.25) is 10.0 Å². The van der Waals surface area contributed by atoms with Crippen LogP contribution in [0.5, 0.6) is 0 Å². The topological polar surface area (TPSA) is 131 Å². The molecule has 0 aliphatic rings. The number of fused-ring (bicyclic) bond motifs is 1. The third kappa shape index (κ3) is 6.55. The van der Waals surface area contributed by atoms with E-state index in [1.54, 1.807) is 36.1 Å². The van der Waals surface area contributed by atoms with Gasteiger partial charge in [0, 0.05) is 53.3 Å². The van der Waals surface area contributed by atoms with Crippen molar-refractivity contribution in [3.63, 3.8) is 0 Å². The maximum atomic E-state index is 12.6. The Hall–Kier alpha value is -3.03. The number of amides is 1. The molecule has 0 saturated heterocycles. The van der Waals surface area contributed by atoms with Crippen molar-refractivity contribution in [2.75, 3.05) is 36.6 Å². The van der Waals surface area contributed by atoms with Crippen LogP contribution in [0.2, 0.25) is 25.7 Å². The molecule has 3 aromatic heterocycles. The number of rotatable bonds is 11. The smallest absolute Gasteiger partial charge is 0.272 e. The molecule has 11 nitrogen and oxygen atoms in total. The van der Waals surface area contributed by atoms with Crippen LogP contribution in [0.15, 0.2) is 30.6 Å². The van der Waals surface area contributed by atoms with Gasteiger partial charge in [0.15, 0.2) is 5.69 Å². The summed E-state index contributed by atoms with van der Waals surface area (Å²) in [6.45, 7) is 7.94. The van der Waals surface area contributed by atoms with Gasteiger partial charge >= 0.3 is 0 Å². The lowest BCUT2D eigenvalue weighted by atomic mass is 10.2. The normalized spacial score (nSPS) is 12.1. The minimum Gasteiger partial charge on any atom is -0.365 e. The third-order valence-electron chi connectivity index (χ3n) is 5.43. The van der Waals surface area contributed by atoms with Gasteiger partial charge < -0.3 is 15.4 Å². The summed E-state index contributed by atoms with van der Waals surface area (Å²) in [7, 11) is -1.71. The molecule has 35 heavy (non-hydrogen) atoms. The molecule has 190 valence electrons. The van der Waals surface area contributed by atoms with Crippen molar-refractivity contribution < 1.29 is 17.9 Å². The summed E-state index contributed by atoms with van der Waals surface area (Å²) in [6.07, 6.45) is 4.29. The molecule has 0 radical (unpaired) electrons. The monoisotopic (exact) mass is 519 g/mol. The van der Waals surface area contributed by atoms with E-state index in [2.05, 4.69) is 45.3 Å². The number of ether oxygens (including phenoxy) is 1. The van der Waals surface area contributed by atoms with E-state index in [0.29, 0.717) is 34.7 Å². The quantitative estimate of drug-likeness (QED) is 0.292. The van der Waals surface area contributed by atoms with Crippen molar-refractivity contribution in [3.8, 4) is 0 Å². The summed E-state index contributed by atoms with van der Waals surface area (Å²) < 4.78 is 32.7. The highest BCUT2D eigenvalue weighted by molar-refractivity contribution is 7.92. The van der Waals surface area contributed by atoms with Gasteiger partial charge in [-0.1, -0.05) is 25.7 Å². The van der Waals surface area contributed by atoms with Crippen LogP contribution in [0.25, 0.3) is 10.9 Å². The highest BCUT2D eigenvalue weighted by Crippen LogP contribution is 2.27. The molecule has 3 aromatic rings. The lowest BCUT2D eigenvalue weighted by Crippen LogP contribution is -2.27. The van der Waals surface area contributed by atoms with Crippen LogP contribution in [0.4, 0.5) is 11.6 Å². The standard InChI is InChI=1S/C22H33N7O4SSi/c1-23-22(30)19-18-17(29(27-19)15-33-12-13-35(4,5)6)9-11-24-20(18)26-14-16-8-7-10-25-21(16)28(2)34(3,31)32/h7-11H,12-15H2,1-6H3,(H,23,30)(H,24,26). The lowest BCUT2D eigenvalue weighted by Gasteiger charge is -2.19. The Balaban J connectivity index is 1.91. The van der Waals surface area contributed by atoms with Crippen LogP contribution < -0.4 is 14.9 Å². The molecule has 0 aliphatic heterocycles. The molecular formula is C22H33N7O4SSi. The number of sulfonamides is 1. The summed E-state index contributed by atoms with van der Waals surface area (Å²) in [5.41, 5.74) is 1.59. The van der Waals surface area contributed by atoms with Crippen LogP contribution in [0.1, 0.15) is 16.1 Å². The molecular weight excluding hydrogens is 486 g/mol. The summed E-state index contributed by atoms with van der Waals surface area (Å²) >= 11 is 0. The summed E-state index contributed by atoms with van der Waals surface area (Å²) in [4.78, 5) is 21.3. The molecule has 0 atom stereocenters. The number of hydrogen-bond acceptors (Lipinski definition) is 8. The SMILES string of the molecule is CNC(=O)c1nn(COCC[Si](C)(C)C)c2ccnc(NCc3cccnc3N(C)S(C)(=O)=O)c12. The van der Waals surface area contributed by atoms with Crippen molar-refractivity contribution in [2.45, 2.75) is 39.0 Å². The predicted molar refractivity (Wildman–Crippen MR) is 140 cm³/mol. The molecule has 1 amide bonds. The first-order valence-corrected chi connectivity index (χ1v) is 16.7. The fourth-order valence-corrected chi connectivity index (χ4v) is 4.59. The maximum Gasteiger partial charge on any atom is 0.272 e. The molecule has 3 rings (SSSR count). The van der Waals surface area contributed by atoms with Gasteiger partial charge in [0.1, 0.15) is 18.4 Å². The van der Waals surface area contributed by atoms with E-state index < -0.39 is 18.1 Å². The summed E-state index contributed by atoms with van der Waals surface area (Å²) in [5, 5.41) is 10.9. The van der Waals surface area contributed by atoms with Crippen molar-refractivity contribution in [3.05, 3.63) is 41.9 Å². The Kier molecular flexibility index (Phi) is 8.13. The Morgan fingerprint density at radius 2 is 1.94 bits per heavy atom. The van der Waals surface area contributed by atoms with Crippen LogP contribution in [0.3, 0.4) is 0 Å². The maximum absolute atomic E-state index is 12.6. The Morgan fingerprint density at radius 1 is 1.20 bits per heavy atom. The third-order valence-corrected chi connectivity index (χ3v) is 8.30. The molecule has 0 saturated carbocycles. The fraction of sp³-hybridized carbons (Fsp3) is 0.455. The van der Waals surface area contributed by atoms with Gasteiger partial charge in [-0.25, -0.2) is 23.1 Å². The van der Waals surface area contributed by atoms with E-state index in [0.717, 1.165) is 16.6 Å². The average molecular weight is 520 g/mol. The molecule has 13 heteroatoms. The van der Waals surface area contributed by atoms with Gasteiger partial charge in [-0.2, -0.15) is 5.10 Å². The Morgan fingerprint density at radius 3 is 2.60 bits per heavy atom. The highest BCUT2D eigenvalue weighted by Gasteiger charge is 2.22. The van der Waals surface area contributed by atoms with Crippen molar-refractivity contribution in [2.24, 2.45) is 0 Å². The van der Waals surface area contributed by atoms with E-state index in [1.807, 2.05) is 0 Å². The Labute approximate surface area is 207 Å². The molecule has 3 heterocycles. The van der Waals surface area contributed by atoms with Crippen LogP contribution >= 0.6 is 0 Å². The molecule has 0 fully saturated rings. The van der Waals surface area contributed by atoms with Gasteiger partial charge in [-0.3, -0.25) is 9.10 Å². The average Bonchev–Trinajstić information content (AvgIpc) is 3.18. The van der Waals surface area contributed by atoms with Crippen LogP contribution in [0, 0.1) is 0 Å². The second-order valence-electron chi connectivity index (χ2n) is 9.40. The number of carbonyl (C=O) groups excluding carboxylic acids is 1. The number of hydrogen-bond donors (Lipinski definition) is 2. The minimum absolute atomic E-state index is 0.216. The zero-order valence-electron chi connectivity index (χ0n) is 21.0. The number of pyridine rings is 2. The predicted octanol–water partition coefficient (Wildman–Crippen LogP) is 2.51. The zero-order chi connectivity index (χ0) is 25.8. The summed E-state index contributed by atoms with van der Waals surface area (Å²) in [5.74, 6) is 0.421. The van der Waals surface area contributed by atoms with Crippen molar-refractivity contribution in [1.29, 1.82) is 0 Å². The lowest BCUT2D eigenvalue weighted by molar-refractivity contribution is 0.0805. The van der Waals surface area contributed by atoms with E-state index in [1.165, 1.54) is 13.2 Å². The summed E-state index contributed by atoms with van der Waals surface area (Å²) in [6, 6.07) is 6.33. The van der Waals surface area contributed by atoms with E-state index in [-0.39, 0.29) is 24.9 Å². The van der Waals surface area contributed by atoms with Gasteiger partial charge in [0.25, 0.3) is 5.91 Å². The van der Waals surface area contributed by atoms with Crippen LogP contribution in [-0.2, 0) is 28.0 Å². The fourth-order valence-electron chi connectivity index (χ4n) is 3.35. The molecule has 0 unspecified atom stereocenters. The largest absolute Gasteiger partial charge is 0.365 e. The first-order chi connectivity index (χ1) is 16.4. The molecule has 0 bridgehead atoms. The first kappa shape index (κ1) is 26.6. The van der Waals surface area contributed by atoms with E-state index >= 15 is 0 Å². The number of anilines is 2. The number of nitrogens with zero attached hydrogens (tertiary/aromatic N) is 5. The molecule has 0 aliphatic carbocycles. The van der Waals surface area contributed by atoms with Gasteiger partial charge in [-0.15, -0.1) is 0 Å². The number of nitrogens with one attached hydrogen (secondary N) is 2. The second kappa shape index (κ2) is 10.7. The number of aromatic nitrogens is 4. The first-order valence-electron chi connectivity index (χ1n) is 11.2. The second-order valence-corrected chi connectivity index (χ2v) is 17.0. The molecule has 2 N–H and O–H groups in total. The van der Waals surface area contributed by atoms with Gasteiger partial charge in [0.05, 0.1) is 17.2 Å². The molecule has 0 spiro atoms. The van der Waals surface area contributed by atoms with Crippen molar-refractivity contribution >= 4 is 46.5 Å².